The Morgan fingerprint density at radius 1 is 1.30 bits per heavy atom. The van der Waals surface area contributed by atoms with Gasteiger partial charge in [0.1, 0.15) is 0 Å². The van der Waals surface area contributed by atoms with Gasteiger partial charge < -0.3 is 5.73 Å². The molecule has 1 aromatic carbocycles. The molecule has 0 unspecified atom stereocenters. The summed E-state index contributed by atoms with van der Waals surface area (Å²) < 4.78 is 39.6. The van der Waals surface area contributed by atoms with Crippen LogP contribution in [0, 0.1) is 17.4 Å². The summed E-state index contributed by atoms with van der Waals surface area (Å²) in [7, 11) is 1.26. The van der Waals surface area contributed by atoms with Gasteiger partial charge in [-0.2, -0.15) is 18.4 Å². The fraction of sp³-hybridized carbons (Fsp3) is 0.526. The monoisotopic (exact) mass is 381 g/mol. The topological polar surface area (TPSA) is 87.2 Å². The molecule has 1 saturated carbocycles. The van der Waals surface area contributed by atoms with E-state index in [2.05, 4.69) is 0 Å². The lowest BCUT2D eigenvalue weighted by atomic mass is 9.78. The van der Waals surface area contributed by atoms with Crippen molar-refractivity contribution in [1.82, 2.24) is 4.90 Å². The molecule has 5 nitrogen and oxygen atoms in total. The number of likely N-dealkylation sites (N-methyl/N-ethyl adjacent to an activating group) is 1. The normalized spacial score (nSPS) is 16.4. The summed E-state index contributed by atoms with van der Waals surface area (Å²) in [6.07, 6.45) is 2.16. The smallest absolute Gasteiger partial charge is 0.366 e. The predicted molar refractivity (Wildman–Crippen MR) is 92.3 cm³/mol. The Morgan fingerprint density at radius 3 is 2.44 bits per heavy atom. The maximum atomic E-state index is 13.2. The second-order valence-corrected chi connectivity index (χ2v) is 6.95. The highest BCUT2D eigenvalue weighted by Gasteiger charge is 2.35. The van der Waals surface area contributed by atoms with Crippen molar-refractivity contribution in [3.05, 3.63) is 34.9 Å². The van der Waals surface area contributed by atoms with Gasteiger partial charge in [0.05, 0.1) is 11.5 Å². The summed E-state index contributed by atoms with van der Waals surface area (Å²) >= 11 is 0. The molecule has 2 rings (SSSR count). The zero-order valence-corrected chi connectivity index (χ0v) is 15.1. The van der Waals surface area contributed by atoms with Crippen molar-refractivity contribution >= 4 is 11.8 Å². The highest BCUT2D eigenvalue weighted by atomic mass is 19.4. The number of nitriles is 1. The first-order chi connectivity index (χ1) is 12.6. The molecule has 1 aliphatic rings. The Kier molecular flexibility index (Phi) is 6.47. The van der Waals surface area contributed by atoms with Crippen molar-refractivity contribution in [2.45, 2.75) is 50.6 Å². The van der Waals surface area contributed by atoms with Gasteiger partial charge in [0, 0.05) is 12.6 Å². The first-order valence-electron chi connectivity index (χ1n) is 8.83. The van der Waals surface area contributed by atoms with Crippen LogP contribution in [0.1, 0.15) is 65.9 Å². The molecule has 1 atom stereocenters. The fourth-order valence-electron chi connectivity index (χ4n) is 3.65. The van der Waals surface area contributed by atoms with Crippen LogP contribution in [-0.4, -0.2) is 23.8 Å². The van der Waals surface area contributed by atoms with E-state index in [4.69, 9.17) is 11.0 Å². The maximum Gasteiger partial charge on any atom is 0.416 e. The van der Waals surface area contributed by atoms with Crippen LogP contribution in [0.2, 0.25) is 0 Å². The molecular formula is C19H22F3N3O2. The van der Waals surface area contributed by atoms with Crippen molar-refractivity contribution in [3.63, 3.8) is 0 Å². The molecule has 0 radical (unpaired) electrons. The van der Waals surface area contributed by atoms with Crippen LogP contribution in [0.4, 0.5) is 13.2 Å². The Morgan fingerprint density at radius 2 is 1.93 bits per heavy atom. The van der Waals surface area contributed by atoms with E-state index in [0.717, 1.165) is 55.2 Å². The van der Waals surface area contributed by atoms with Gasteiger partial charge in [0.25, 0.3) is 0 Å². The van der Waals surface area contributed by atoms with Crippen LogP contribution >= 0.6 is 0 Å². The molecule has 0 aromatic heterocycles. The number of hydrogen-bond acceptors (Lipinski definition) is 3. The van der Waals surface area contributed by atoms with Crippen LogP contribution < -0.4 is 5.73 Å². The lowest BCUT2D eigenvalue weighted by molar-refractivity contribution is -0.138. The summed E-state index contributed by atoms with van der Waals surface area (Å²) in [6.45, 7) is 0. The molecular weight excluding hydrogens is 359 g/mol. The average Bonchev–Trinajstić information content (AvgIpc) is 2.64. The lowest BCUT2D eigenvalue weighted by Crippen LogP contribution is -2.31. The average molecular weight is 381 g/mol. The van der Waals surface area contributed by atoms with Crippen molar-refractivity contribution in [3.8, 4) is 6.19 Å². The molecule has 0 aliphatic heterocycles. The van der Waals surface area contributed by atoms with Gasteiger partial charge in [-0.3, -0.25) is 14.5 Å². The summed E-state index contributed by atoms with van der Waals surface area (Å²) in [4.78, 5) is 25.3. The Labute approximate surface area is 155 Å². The highest BCUT2D eigenvalue weighted by Crippen LogP contribution is 2.38. The second-order valence-electron chi connectivity index (χ2n) is 6.95. The molecule has 0 saturated heterocycles. The number of halogens is 3. The van der Waals surface area contributed by atoms with Gasteiger partial charge in [0.2, 0.25) is 11.8 Å². The van der Waals surface area contributed by atoms with Gasteiger partial charge in [-0.15, -0.1) is 0 Å². The molecule has 1 aromatic rings. The van der Waals surface area contributed by atoms with E-state index in [1.165, 1.54) is 7.05 Å². The fourth-order valence-corrected chi connectivity index (χ4v) is 3.65. The third kappa shape index (κ3) is 5.00. The van der Waals surface area contributed by atoms with E-state index in [0.29, 0.717) is 0 Å². The number of nitrogens with two attached hydrogens (primary N) is 1. The molecule has 8 heteroatoms. The number of rotatable bonds is 5. The van der Waals surface area contributed by atoms with Crippen LogP contribution in [0.3, 0.4) is 0 Å². The SMILES string of the molecule is CN(C#N)C(=O)[C@@H](CC1CCCCC1)c1cc(C(F)(F)F)ccc1C(N)=O. The molecule has 27 heavy (non-hydrogen) atoms. The van der Waals surface area contributed by atoms with E-state index < -0.39 is 29.5 Å². The van der Waals surface area contributed by atoms with E-state index in [-0.39, 0.29) is 23.5 Å². The van der Waals surface area contributed by atoms with Crippen molar-refractivity contribution in [1.29, 1.82) is 5.26 Å². The van der Waals surface area contributed by atoms with Gasteiger partial charge >= 0.3 is 6.18 Å². The van der Waals surface area contributed by atoms with Crippen LogP contribution in [0.15, 0.2) is 18.2 Å². The van der Waals surface area contributed by atoms with Gasteiger partial charge in [-0.1, -0.05) is 32.1 Å². The quantitative estimate of drug-likeness (QED) is 0.622. The first kappa shape index (κ1) is 20.7. The Hall–Kier alpha value is -2.56. The number of carbonyl (C=O) groups is 2. The number of primary amides is 1. The standard InChI is InChI=1S/C19H22F3N3O2/c1-25(11-23)18(27)16(9-12-5-3-2-4-6-12)15-10-13(19(20,21)22)7-8-14(15)17(24)26/h7-8,10,12,16H,2-6,9H2,1H3,(H2,24,26)/t16-/m0/s1. The second kappa shape index (κ2) is 8.42. The molecule has 0 bridgehead atoms. The highest BCUT2D eigenvalue weighted by molar-refractivity contribution is 5.97. The summed E-state index contributed by atoms with van der Waals surface area (Å²) in [5.74, 6) is -2.41. The molecule has 2 N–H and O–H groups in total. The largest absolute Gasteiger partial charge is 0.416 e. The third-order valence-corrected chi connectivity index (χ3v) is 5.09. The summed E-state index contributed by atoms with van der Waals surface area (Å²) in [6, 6.07) is 2.60. The third-order valence-electron chi connectivity index (χ3n) is 5.09. The van der Waals surface area contributed by atoms with Crippen molar-refractivity contribution < 1.29 is 22.8 Å². The van der Waals surface area contributed by atoms with E-state index in [1.807, 2.05) is 0 Å². The van der Waals surface area contributed by atoms with E-state index in [1.54, 1.807) is 6.19 Å². The van der Waals surface area contributed by atoms with Crippen LogP contribution in [-0.2, 0) is 11.0 Å². The minimum atomic E-state index is -4.62. The summed E-state index contributed by atoms with van der Waals surface area (Å²) in [5.41, 5.74) is 4.21. The number of benzene rings is 1. The predicted octanol–water partition coefficient (Wildman–Crippen LogP) is 3.80. The van der Waals surface area contributed by atoms with Gasteiger partial charge in [0.15, 0.2) is 6.19 Å². The minimum absolute atomic E-state index is 0.0602. The Bertz CT molecular complexity index is 750. The number of nitrogens with zero attached hydrogens (tertiary/aromatic N) is 2. The Balaban J connectivity index is 2.53. The molecule has 1 aliphatic carbocycles. The van der Waals surface area contributed by atoms with Crippen molar-refractivity contribution in [2.24, 2.45) is 11.7 Å². The zero-order valence-electron chi connectivity index (χ0n) is 15.1. The molecule has 146 valence electrons. The molecule has 0 spiro atoms. The maximum absolute atomic E-state index is 13.2. The molecule has 2 amide bonds. The van der Waals surface area contributed by atoms with E-state index in [9.17, 15) is 22.8 Å². The van der Waals surface area contributed by atoms with Crippen LogP contribution in [0.25, 0.3) is 0 Å². The van der Waals surface area contributed by atoms with Crippen molar-refractivity contribution in [2.75, 3.05) is 7.05 Å². The number of amides is 2. The number of alkyl halides is 3. The number of carbonyl (C=O) groups excluding carboxylic acids is 2. The molecule has 0 heterocycles. The number of hydrogen-bond donors (Lipinski definition) is 1. The summed E-state index contributed by atoms with van der Waals surface area (Å²) in [5, 5.41) is 9.05. The first-order valence-corrected chi connectivity index (χ1v) is 8.83. The van der Waals surface area contributed by atoms with Gasteiger partial charge in [-0.25, -0.2) is 0 Å². The molecule has 1 fully saturated rings. The minimum Gasteiger partial charge on any atom is -0.366 e. The lowest BCUT2D eigenvalue weighted by Gasteiger charge is -2.28. The van der Waals surface area contributed by atoms with Gasteiger partial charge in [-0.05, 0) is 36.1 Å². The zero-order chi connectivity index (χ0) is 20.2. The van der Waals surface area contributed by atoms with Crippen LogP contribution in [0.5, 0.6) is 0 Å². The van der Waals surface area contributed by atoms with E-state index >= 15 is 0 Å².